The van der Waals surface area contributed by atoms with Crippen LogP contribution in [0.5, 0.6) is 0 Å². The van der Waals surface area contributed by atoms with E-state index < -0.39 is 7.12 Å². The van der Waals surface area contributed by atoms with E-state index in [9.17, 15) is 10.0 Å². The van der Waals surface area contributed by atoms with Crippen molar-refractivity contribution < 1.29 is 18.9 Å². The molecule has 20 aromatic carbocycles. The molecule has 0 fully saturated rings. The first-order valence-corrected chi connectivity index (χ1v) is 38.0. The fraction of sp³-hybridized carbons (Fsp3) is 0. The summed E-state index contributed by atoms with van der Waals surface area (Å²) in [6.45, 7) is 0. The van der Waals surface area contributed by atoms with Crippen LogP contribution in [0.15, 0.2) is 402 Å². The van der Waals surface area contributed by atoms with Crippen LogP contribution in [-0.4, -0.2) is 17.2 Å². The summed E-state index contributed by atoms with van der Waals surface area (Å²) in [7, 11) is -1.55. The zero-order chi connectivity index (χ0) is 73.3. The molecule has 0 aliphatic heterocycles. The normalized spacial score (nSPS) is 11.6. The third kappa shape index (κ3) is 11.8. The Morgan fingerprint density at radius 1 is 0.191 bits per heavy atom. The van der Waals surface area contributed by atoms with Gasteiger partial charge in [-0.2, -0.15) is 0 Å². The molecule has 2 aromatic heterocycles. The first-order valence-electron chi connectivity index (χ1n) is 37.2. The van der Waals surface area contributed by atoms with Crippen molar-refractivity contribution in [2.24, 2.45) is 0 Å². The number of fused-ring (bicyclic) bond motifs is 14. The summed E-state index contributed by atoms with van der Waals surface area (Å²) in [4.78, 5) is 0. The summed E-state index contributed by atoms with van der Waals surface area (Å²) in [5.74, 6) is 0. The summed E-state index contributed by atoms with van der Waals surface area (Å²) in [6, 6.07) is 138. The highest BCUT2D eigenvalue weighted by atomic mass is 79.9. The molecule has 6 heteroatoms. The monoisotopic (exact) mass is 1470 g/mol. The fourth-order valence-electron chi connectivity index (χ4n) is 16.9. The molecule has 0 spiro atoms. The average Bonchev–Trinajstić information content (AvgIpc) is 0.985. The largest absolute Gasteiger partial charge is 0.489 e. The van der Waals surface area contributed by atoms with E-state index in [-0.39, 0.29) is 0 Å². The Kier molecular flexibility index (Phi) is 16.6. The Morgan fingerprint density at radius 2 is 0.473 bits per heavy atom. The van der Waals surface area contributed by atoms with Crippen molar-refractivity contribution in [3.05, 3.63) is 393 Å². The first-order chi connectivity index (χ1) is 54.3. The van der Waals surface area contributed by atoms with Crippen molar-refractivity contribution in [3.8, 4) is 77.9 Å². The molecule has 0 aliphatic carbocycles. The minimum atomic E-state index is -1.55. The molecule has 516 valence electrons. The van der Waals surface area contributed by atoms with E-state index >= 15 is 0 Å². The minimum Gasteiger partial charge on any atom is -0.456 e. The Hall–Kier alpha value is -13.5. The van der Waals surface area contributed by atoms with Gasteiger partial charge in [0.2, 0.25) is 0 Å². The molecular formula is C104H66BBrO4. The van der Waals surface area contributed by atoms with Crippen molar-refractivity contribution in [1.82, 2.24) is 0 Å². The maximum Gasteiger partial charge on any atom is 0.489 e. The third-order valence-electron chi connectivity index (χ3n) is 22.0. The maximum atomic E-state index is 10.2. The number of rotatable bonds is 8. The first kappa shape index (κ1) is 66.0. The molecule has 4 nitrogen and oxygen atoms in total. The predicted molar refractivity (Wildman–Crippen MR) is 470 cm³/mol. The molecule has 0 bridgehead atoms. The van der Waals surface area contributed by atoms with E-state index in [0.29, 0.717) is 5.46 Å². The smallest absolute Gasteiger partial charge is 0.456 e. The molecule has 0 unspecified atom stereocenters. The van der Waals surface area contributed by atoms with Crippen LogP contribution in [0, 0.1) is 0 Å². The summed E-state index contributed by atoms with van der Waals surface area (Å²) < 4.78 is 13.5. The molecule has 0 saturated heterocycles. The molecule has 0 amide bonds. The molecule has 2 heterocycles. The second kappa shape index (κ2) is 27.7. The van der Waals surface area contributed by atoms with Gasteiger partial charge in [0.15, 0.2) is 0 Å². The zero-order valence-corrected chi connectivity index (χ0v) is 61.2. The van der Waals surface area contributed by atoms with Crippen molar-refractivity contribution in [3.63, 3.8) is 0 Å². The van der Waals surface area contributed by atoms with E-state index in [1.807, 2.05) is 42.5 Å². The molecule has 22 aromatic rings. The lowest BCUT2D eigenvalue weighted by molar-refractivity contribution is 0.426. The number of hydrogen-bond acceptors (Lipinski definition) is 4. The van der Waals surface area contributed by atoms with Crippen LogP contribution in [0.2, 0.25) is 0 Å². The summed E-state index contributed by atoms with van der Waals surface area (Å²) in [5, 5.41) is 43.6. The highest BCUT2D eigenvalue weighted by Gasteiger charge is 2.24. The SMILES string of the molecule is Brc1cccc(-c2ccc3oc4cc5ccccc5cc4c3c2)c1.OB(O)c1c2ccccc2c(-c2cccc(-c3cccc4ccccc34)c2)c2ccccc12.c1cc(-c2ccc3oc4cc5ccccc5cc4c3c2)cc(-c2c3ccccc3c(-c3cccc(-c4cccc5ccccc45)c3)c3ccccc23)c1. The number of benzene rings is 20. The molecule has 110 heavy (non-hydrogen) atoms. The van der Waals surface area contributed by atoms with Gasteiger partial charge in [0.1, 0.15) is 22.3 Å². The lowest BCUT2D eigenvalue weighted by Gasteiger charge is -2.19. The van der Waals surface area contributed by atoms with Gasteiger partial charge in [-0.3, -0.25) is 0 Å². The quantitative estimate of drug-likeness (QED) is 0.118. The summed E-state index contributed by atoms with van der Waals surface area (Å²) >= 11 is 3.55. The highest BCUT2D eigenvalue weighted by molar-refractivity contribution is 9.10. The number of halogens is 1. The average molecular weight is 1470 g/mol. The Labute approximate surface area is 643 Å². The van der Waals surface area contributed by atoms with Crippen LogP contribution in [-0.2, 0) is 0 Å². The van der Waals surface area contributed by atoms with E-state index in [2.05, 4.69) is 362 Å². The molecule has 0 saturated carbocycles. The molecular weight excluding hydrogens is 1400 g/mol. The Morgan fingerprint density at radius 3 is 0.873 bits per heavy atom. The van der Waals surface area contributed by atoms with Gasteiger partial charge in [0.25, 0.3) is 0 Å². The van der Waals surface area contributed by atoms with Gasteiger partial charge in [0.05, 0.1) is 0 Å². The molecule has 0 atom stereocenters. The second-order valence-corrected chi connectivity index (χ2v) is 29.3. The van der Waals surface area contributed by atoms with E-state index in [1.54, 1.807) is 0 Å². The van der Waals surface area contributed by atoms with Gasteiger partial charge in [-0.1, -0.05) is 325 Å². The van der Waals surface area contributed by atoms with E-state index in [1.165, 1.54) is 131 Å². The van der Waals surface area contributed by atoms with Crippen LogP contribution in [0.4, 0.5) is 0 Å². The Bertz CT molecular complexity index is 7310. The van der Waals surface area contributed by atoms with Crippen molar-refractivity contribution >= 4 is 159 Å². The highest BCUT2D eigenvalue weighted by Crippen LogP contribution is 2.47. The molecule has 22 rings (SSSR count). The van der Waals surface area contributed by atoms with Crippen LogP contribution >= 0.6 is 15.9 Å². The van der Waals surface area contributed by atoms with Crippen LogP contribution in [0.1, 0.15) is 0 Å². The topological polar surface area (TPSA) is 66.7 Å². The van der Waals surface area contributed by atoms with Crippen molar-refractivity contribution in [2.45, 2.75) is 0 Å². The van der Waals surface area contributed by atoms with E-state index in [0.717, 1.165) is 81.2 Å². The lowest BCUT2D eigenvalue weighted by atomic mass is 9.72. The fourth-order valence-corrected chi connectivity index (χ4v) is 17.3. The van der Waals surface area contributed by atoms with Gasteiger partial charge in [0, 0.05) is 26.0 Å². The van der Waals surface area contributed by atoms with Crippen molar-refractivity contribution in [1.29, 1.82) is 0 Å². The van der Waals surface area contributed by atoms with Crippen LogP contribution in [0.3, 0.4) is 0 Å². The lowest BCUT2D eigenvalue weighted by Crippen LogP contribution is -2.31. The number of hydrogen-bond donors (Lipinski definition) is 2. The van der Waals surface area contributed by atoms with Crippen LogP contribution in [0.25, 0.3) is 208 Å². The minimum absolute atomic E-state index is 0.551. The molecule has 0 radical (unpaired) electrons. The van der Waals surface area contributed by atoms with Gasteiger partial charge in [-0.15, -0.1) is 0 Å². The van der Waals surface area contributed by atoms with Crippen molar-refractivity contribution in [2.75, 3.05) is 0 Å². The third-order valence-corrected chi connectivity index (χ3v) is 22.5. The zero-order valence-electron chi connectivity index (χ0n) is 59.6. The summed E-state index contributed by atoms with van der Waals surface area (Å²) in [5.41, 5.74) is 21.0. The van der Waals surface area contributed by atoms with Crippen LogP contribution < -0.4 is 5.46 Å². The van der Waals surface area contributed by atoms with Gasteiger partial charge >= 0.3 is 7.12 Å². The standard InChI is InChI=1S/C52H32O.C30H21BO2.C22H13BrO/c1-2-14-36-32-50-48(30-35(36)13-1)47-31-37(26-27-49(47)53-50)34-16-9-18-39(28-34)51-43-21-5-7-23-45(43)52(46-24-8-6-22-44(46)51)40-19-10-17-38(29-40)42-25-11-15-33-12-3-4-20-41(33)42;32-31(33)30-27-16-5-3-14-25(27)29(26-15-4-6-17-28(26)30)22-12-7-11-21(19-22)24-18-8-10-20-9-1-2-13-23(20)24;23-18-7-3-6-14(10-18)17-8-9-21-19(12-17)20-11-15-4-1-2-5-16(15)13-22(20)24-21/h1-32H;1-19,32-33H;1-13H. The second-order valence-electron chi connectivity index (χ2n) is 28.4. The predicted octanol–water partition coefficient (Wildman–Crippen LogP) is 28.2. The van der Waals surface area contributed by atoms with Gasteiger partial charge < -0.3 is 18.9 Å². The van der Waals surface area contributed by atoms with E-state index in [4.69, 9.17) is 8.83 Å². The number of furan rings is 2. The maximum absolute atomic E-state index is 10.2. The Balaban J connectivity index is 0.000000118. The summed E-state index contributed by atoms with van der Waals surface area (Å²) in [6.07, 6.45) is 0. The van der Waals surface area contributed by atoms with Gasteiger partial charge in [-0.25, -0.2) is 0 Å². The molecule has 0 aliphatic rings. The van der Waals surface area contributed by atoms with Gasteiger partial charge in [-0.05, 0) is 248 Å². The molecule has 2 N–H and O–H groups in total.